The van der Waals surface area contributed by atoms with Crippen molar-refractivity contribution in [3.63, 3.8) is 0 Å². The maximum absolute atomic E-state index is 5.80. The number of aliphatic imine (C=N–C) groups is 1. The molecule has 1 heterocycles. The minimum absolute atomic E-state index is 0.0307. The third kappa shape index (κ3) is 4.63. The van der Waals surface area contributed by atoms with Gasteiger partial charge in [0.05, 0.1) is 12.7 Å². The summed E-state index contributed by atoms with van der Waals surface area (Å²) in [5.74, 6) is 2.89. The Bertz CT molecular complexity index is 746. The molecule has 0 radical (unpaired) electrons. The first-order chi connectivity index (χ1) is 11.9. The zero-order chi connectivity index (χ0) is 18.0. The fraction of sp³-hybridized carbons (Fsp3) is 0.474. The SMILES string of the molecule is CN=C(NCc1ncc(C(C)(C)C)o1)NC1CC1c1ccc(Br)cc1. The van der Waals surface area contributed by atoms with Crippen molar-refractivity contribution in [2.24, 2.45) is 4.99 Å². The van der Waals surface area contributed by atoms with Crippen molar-refractivity contribution < 1.29 is 4.42 Å². The zero-order valence-corrected chi connectivity index (χ0v) is 16.7. The van der Waals surface area contributed by atoms with Gasteiger partial charge in [0.1, 0.15) is 5.76 Å². The Labute approximate surface area is 157 Å². The maximum Gasteiger partial charge on any atom is 0.213 e. The summed E-state index contributed by atoms with van der Waals surface area (Å²) >= 11 is 3.48. The van der Waals surface area contributed by atoms with Crippen LogP contribution < -0.4 is 10.6 Å². The second-order valence-electron chi connectivity index (χ2n) is 7.44. The van der Waals surface area contributed by atoms with Gasteiger partial charge < -0.3 is 15.1 Å². The lowest BCUT2D eigenvalue weighted by molar-refractivity contribution is 0.379. The Morgan fingerprint density at radius 2 is 2.04 bits per heavy atom. The fourth-order valence-corrected chi connectivity index (χ4v) is 2.97. The topological polar surface area (TPSA) is 62.5 Å². The van der Waals surface area contributed by atoms with Crippen LogP contribution in [0.4, 0.5) is 0 Å². The molecule has 0 amide bonds. The second kappa shape index (κ2) is 7.20. The highest BCUT2D eigenvalue weighted by atomic mass is 79.9. The Balaban J connectivity index is 1.51. The minimum Gasteiger partial charge on any atom is -0.443 e. The van der Waals surface area contributed by atoms with Crippen LogP contribution in [-0.2, 0) is 12.0 Å². The number of hydrogen-bond acceptors (Lipinski definition) is 3. The number of nitrogens with one attached hydrogen (secondary N) is 2. The predicted molar refractivity (Wildman–Crippen MR) is 104 cm³/mol. The van der Waals surface area contributed by atoms with Crippen molar-refractivity contribution >= 4 is 21.9 Å². The van der Waals surface area contributed by atoms with Crippen molar-refractivity contribution in [2.75, 3.05) is 7.05 Å². The van der Waals surface area contributed by atoms with Gasteiger partial charge in [-0.3, -0.25) is 4.99 Å². The van der Waals surface area contributed by atoms with E-state index < -0.39 is 0 Å². The number of oxazole rings is 1. The van der Waals surface area contributed by atoms with Gasteiger partial charge >= 0.3 is 0 Å². The van der Waals surface area contributed by atoms with Gasteiger partial charge in [-0.1, -0.05) is 48.8 Å². The van der Waals surface area contributed by atoms with Crippen LogP contribution in [0.25, 0.3) is 0 Å². The lowest BCUT2D eigenvalue weighted by atomic mass is 9.94. The number of benzene rings is 1. The summed E-state index contributed by atoms with van der Waals surface area (Å²) in [7, 11) is 1.78. The fourth-order valence-electron chi connectivity index (χ4n) is 2.70. The number of rotatable bonds is 4. The predicted octanol–water partition coefficient (Wildman–Crippen LogP) is 3.96. The molecular weight excluding hydrogens is 380 g/mol. The summed E-state index contributed by atoms with van der Waals surface area (Å²) < 4.78 is 6.92. The number of aromatic nitrogens is 1. The van der Waals surface area contributed by atoms with E-state index in [1.807, 2.05) is 0 Å². The molecule has 1 aliphatic carbocycles. The average Bonchev–Trinajstić information content (AvgIpc) is 3.15. The molecule has 1 fully saturated rings. The molecule has 6 heteroatoms. The molecule has 2 aromatic rings. The molecule has 2 atom stereocenters. The molecule has 25 heavy (non-hydrogen) atoms. The van der Waals surface area contributed by atoms with E-state index in [9.17, 15) is 0 Å². The van der Waals surface area contributed by atoms with E-state index in [0.717, 1.165) is 22.6 Å². The summed E-state index contributed by atoms with van der Waals surface area (Å²) in [6.07, 6.45) is 2.92. The first kappa shape index (κ1) is 18.0. The van der Waals surface area contributed by atoms with E-state index in [-0.39, 0.29) is 5.41 Å². The van der Waals surface area contributed by atoms with Crippen LogP contribution in [0.5, 0.6) is 0 Å². The second-order valence-corrected chi connectivity index (χ2v) is 8.35. The maximum atomic E-state index is 5.80. The van der Waals surface area contributed by atoms with Crippen molar-refractivity contribution in [1.29, 1.82) is 0 Å². The highest BCUT2D eigenvalue weighted by molar-refractivity contribution is 9.10. The summed E-state index contributed by atoms with van der Waals surface area (Å²) in [6.45, 7) is 6.85. The largest absolute Gasteiger partial charge is 0.443 e. The number of nitrogens with zero attached hydrogens (tertiary/aromatic N) is 2. The number of hydrogen-bond donors (Lipinski definition) is 2. The Morgan fingerprint density at radius 1 is 1.32 bits per heavy atom. The molecule has 0 bridgehead atoms. The van der Waals surface area contributed by atoms with E-state index in [1.165, 1.54) is 5.56 Å². The lowest BCUT2D eigenvalue weighted by Gasteiger charge is -2.13. The standard InChI is InChI=1S/C19H25BrN4O/c1-19(2,3)16-10-22-17(25-16)11-23-18(21-4)24-15-9-14(15)12-5-7-13(20)8-6-12/h5-8,10,14-15H,9,11H2,1-4H3,(H2,21,23,24). The normalized spacial score (nSPS) is 20.4. The molecule has 0 aliphatic heterocycles. The third-order valence-electron chi connectivity index (χ3n) is 4.33. The van der Waals surface area contributed by atoms with E-state index in [4.69, 9.17) is 4.42 Å². The molecule has 3 rings (SSSR count). The Hall–Kier alpha value is -1.82. The summed E-state index contributed by atoms with van der Waals surface area (Å²) in [5, 5.41) is 6.75. The smallest absolute Gasteiger partial charge is 0.213 e. The van der Waals surface area contributed by atoms with Gasteiger partial charge in [0.2, 0.25) is 5.89 Å². The summed E-state index contributed by atoms with van der Waals surface area (Å²) in [5.41, 5.74) is 1.33. The molecular formula is C19H25BrN4O. The molecule has 0 spiro atoms. The van der Waals surface area contributed by atoms with Crippen LogP contribution in [0.2, 0.25) is 0 Å². The molecule has 0 saturated heterocycles. The highest BCUT2D eigenvalue weighted by Crippen LogP contribution is 2.40. The molecule has 1 aromatic heterocycles. The zero-order valence-electron chi connectivity index (χ0n) is 15.1. The van der Waals surface area contributed by atoms with Crippen molar-refractivity contribution in [3.05, 3.63) is 52.1 Å². The van der Waals surface area contributed by atoms with Crippen molar-refractivity contribution in [3.8, 4) is 0 Å². The molecule has 2 N–H and O–H groups in total. The summed E-state index contributed by atoms with van der Waals surface area (Å²) in [6, 6.07) is 8.95. The summed E-state index contributed by atoms with van der Waals surface area (Å²) in [4.78, 5) is 8.64. The van der Waals surface area contributed by atoms with Gasteiger partial charge in [-0.15, -0.1) is 0 Å². The first-order valence-electron chi connectivity index (χ1n) is 8.54. The van der Waals surface area contributed by atoms with E-state index in [1.54, 1.807) is 13.2 Å². The molecule has 5 nitrogen and oxygen atoms in total. The molecule has 2 unspecified atom stereocenters. The van der Waals surface area contributed by atoms with Gasteiger partial charge in [-0.25, -0.2) is 4.98 Å². The van der Waals surface area contributed by atoms with Crippen molar-refractivity contribution in [2.45, 2.75) is 51.1 Å². The first-order valence-corrected chi connectivity index (χ1v) is 9.34. The third-order valence-corrected chi connectivity index (χ3v) is 4.86. The van der Waals surface area contributed by atoms with E-state index in [2.05, 4.69) is 81.6 Å². The van der Waals surface area contributed by atoms with Crippen LogP contribution in [0.3, 0.4) is 0 Å². The average molecular weight is 405 g/mol. The van der Waals surface area contributed by atoms with Gasteiger partial charge in [-0.05, 0) is 24.1 Å². The number of halogens is 1. The highest BCUT2D eigenvalue weighted by Gasteiger charge is 2.38. The Kier molecular flexibility index (Phi) is 5.18. The molecule has 1 saturated carbocycles. The minimum atomic E-state index is -0.0307. The lowest BCUT2D eigenvalue weighted by Crippen LogP contribution is -2.38. The van der Waals surface area contributed by atoms with Gasteiger partial charge in [0.15, 0.2) is 5.96 Å². The van der Waals surface area contributed by atoms with Crippen LogP contribution >= 0.6 is 15.9 Å². The van der Waals surface area contributed by atoms with Crippen LogP contribution in [-0.4, -0.2) is 24.0 Å². The molecule has 1 aliphatic rings. The van der Waals surface area contributed by atoms with Gasteiger partial charge in [0, 0.05) is 28.9 Å². The van der Waals surface area contributed by atoms with Crippen LogP contribution in [0.15, 0.2) is 44.3 Å². The van der Waals surface area contributed by atoms with E-state index >= 15 is 0 Å². The van der Waals surface area contributed by atoms with Gasteiger partial charge in [-0.2, -0.15) is 0 Å². The van der Waals surface area contributed by atoms with Crippen LogP contribution in [0.1, 0.15) is 50.3 Å². The quantitative estimate of drug-likeness (QED) is 0.597. The molecule has 134 valence electrons. The van der Waals surface area contributed by atoms with Crippen LogP contribution in [0, 0.1) is 0 Å². The van der Waals surface area contributed by atoms with Crippen molar-refractivity contribution in [1.82, 2.24) is 15.6 Å². The monoisotopic (exact) mass is 404 g/mol. The Morgan fingerprint density at radius 3 is 2.64 bits per heavy atom. The molecule has 1 aromatic carbocycles. The van der Waals surface area contributed by atoms with Gasteiger partial charge in [0.25, 0.3) is 0 Å². The number of guanidine groups is 1. The van der Waals surface area contributed by atoms with E-state index in [0.29, 0.717) is 24.4 Å².